The Bertz CT molecular complexity index is 922. The molecule has 0 unspecified atom stereocenters. The van der Waals surface area contributed by atoms with E-state index in [0.29, 0.717) is 27.3 Å². The number of nitrogens with zero attached hydrogens (tertiary/aromatic N) is 3. The molecule has 0 saturated carbocycles. The maximum atomic E-state index is 14.0. The van der Waals surface area contributed by atoms with Crippen molar-refractivity contribution in [2.24, 2.45) is 0 Å². The monoisotopic (exact) mass is 344 g/mol. The molecule has 0 saturated heterocycles. The molecule has 3 aromatic rings. The fourth-order valence-corrected chi connectivity index (χ4v) is 3.27. The van der Waals surface area contributed by atoms with Crippen molar-refractivity contribution in [3.05, 3.63) is 70.3 Å². The number of rotatable bonds is 2. The van der Waals surface area contributed by atoms with Gasteiger partial charge in [-0.25, -0.2) is 9.07 Å². The number of benzene rings is 2. The summed E-state index contributed by atoms with van der Waals surface area (Å²) in [4.78, 5) is 0. The first-order chi connectivity index (χ1) is 11.2. The number of halogens is 2. The standard InChI is InChI=1S/C16H10ClFN4S/c17-12-7-3-1-5-10(12)15-19-20-16-22(15)21-14(9-23-16)11-6-2-4-8-13(11)18/h1-9,21H. The predicted octanol–water partition coefficient (Wildman–Crippen LogP) is 4.39. The Labute approximate surface area is 141 Å². The highest BCUT2D eigenvalue weighted by molar-refractivity contribution is 8.02. The number of hydrogen-bond donors (Lipinski definition) is 1. The molecule has 0 radical (unpaired) electrons. The highest BCUT2D eigenvalue weighted by Gasteiger charge is 2.21. The minimum atomic E-state index is -0.289. The summed E-state index contributed by atoms with van der Waals surface area (Å²) in [5, 5.41) is 11.4. The van der Waals surface area contributed by atoms with Gasteiger partial charge >= 0.3 is 0 Å². The van der Waals surface area contributed by atoms with Gasteiger partial charge in [0.25, 0.3) is 0 Å². The zero-order valence-electron chi connectivity index (χ0n) is 11.7. The van der Waals surface area contributed by atoms with E-state index in [0.717, 1.165) is 5.56 Å². The highest BCUT2D eigenvalue weighted by atomic mass is 35.5. The van der Waals surface area contributed by atoms with Gasteiger partial charge in [-0.2, -0.15) is 0 Å². The zero-order chi connectivity index (χ0) is 15.8. The third-order valence-corrected chi connectivity index (χ3v) is 4.58. The van der Waals surface area contributed by atoms with E-state index in [1.54, 1.807) is 28.9 Å². The lowest BCUT2D eigenvalue weighted by Crippen LogP contribution is -2.19. The van der Waals surface area contributed by atoms with Crippen molar-refractivity contribution in [2.45, 2.75) is 5.16 Å². The van der Waals surface area contributed by atoms with Crippen molar-refractivity contribution < 1.29 is 4.39 Å². The van der Waals surface area contributed by atoms with E-state index in [1.165, 1.54) is 17.8 Å². The summed E-state index contributed by atoms with van der Waals surface area (Å²) < 4.78 is 15.7. The zero-order valence-corrected chi connectivity index (χ0v) is 13.3. The molecule has 4 nitrogen and oxygen atoms in total. The second-order valence-corrected chi connectivity index (χ2v) is 6.11. The van der Waals surface area contributed by atoms with E-state index < -0.39 is 0 Å². The van der Waals surface area contributed by atoms with Crippen LogP contribution in [0.3, 0.4) is 0 Å². The number of aromatic nitrogens is 3. The number of fused-ring (bicyclic) bond motifs is 1. The van der Waals surface area contributed by atoms with Crippen LogP contribution in [0.25, 0.3) is 17.1 Å². The lowest BCUT2D eigenvalue weighted by molar-refractivity contribution is 0.623. The molecule has 0 bridgehead atoms. The smallest absolute Gasteiger partial charge is 0.214 e. The van der Waals surface area contributed by atoms with E-state index in [2.05, 4.69) is 15.6 Å². The first-order valence-electron chi connectivity index (χ1n) is 6.83. The maximum Gasteiger partial charge on any atom is 0.214 e. The molecule has 0 fully saturated rings. The van der Waals surface area contributed by atoms with Crippen LogP contribution in [-0.4, -0.2) is 14.9 Å². The molecule has 0 aliphatic carbocycles. The van der Waals surface area contributed by atoms with Gasteiger partial charge in [-0.15, -0.1) is 10.2 Å². The summed E-state index contributed by atoms with van der Waals surface area (Å²) in [6.45, 7) is 0. The van der Waals surface area contributed by atoms with Gasteiger partial charge in [-0.3, -0.25) is 5.43 Å². The average molecular weight is 345 g/mol. The van der Waals surface area contributed by atoms with Crippen molar-refractivity contribution in [1.29, 1.82) is 0 Å². The van der Waals surface area contributed by atoms with Gasteiger partial charge in [-0.1, -0.05) is 47.6 Å². The van der Waals surface area contributed by atoms with Crippen LogP contribution in [0.15, 0.2) is 59.1 Å². The first-order valence-corrected chi connectivity index (χ1v) is 8.09. The Kier molecular flexibility index (Phi) is 3.55. The van der Waals surface area contributed by atoms with Gasteiger partial charge in [0.2, 0.25) is 5.16 Å². The first kappa shape index (κ1) is 14.3. The Morgan fingerprint density at radius 3 is 2.52 bits per heavy atom. The molecule has 0 atom stereocenters. The minimum absolute atomic E-state index is 0.289. The Morgan fingerprint density at radius 1 is 1.00 bits per heavy atom. The van der Waals surface area contributed by atoms with Crippen LogP contribution >= 0.6 is 23.4 Å². The number of thioether (sulfide) groups is 1. The quantitative estimate of drug-likeness (QED) is 0.749. The Hall–Kier alpha value is -2.31. The van der Waals surface area contributed by atoms with Crippen molar-refractivity contribution >= 4 is 29.1 Å². The Balaban J connectivity index is 1.76. The normalized spacial score (nSPS) is 13.2. The summed E-state index contributed by atoms with van der Waals surface area (Å²) in [5.74, 6) is 0.294. The molecular formula is C16H10ClFN4S. The van der Waals surface area contributed by atoms with Crippen LogP contribution in [0.1, 0.15) is 5.56 Å². The van der Waals surface area contributed by atoms with Crippen molar-refractivity contribution in [3.63, 3.8) is 0 Å². The molecule has 1 N–H and O–H groups in total. The van der Waals surface area contributed by atoms with E-state index in [-0.39, 0.29) is 5.82 Å². The van der Waals surface area contributed by atoms with Gasteiger partial charge in [0.15, 0.2) is 5.82 Å². The molecule has 1 aliphatic heterocycles. The number of nitrogens with one attached hydrogen (secondary N) is 1. The van der Waals surface area contributed by atoms with Crippen LogP contribution in [-0.2, 0) is 0 Å². The summed E-state index contributed by atoms with van der Waals surface area (Å²) in [6.07, 6.45) is 0. The minimum Gasteiger partial charge on any atom is -0.289 e. The fraction of sp³-hybridized carbons (Fsp3) is 0. The van der Waals surface area contributed by atoms with E-state index in [1.807, 2.05) is 23.6 Å². The van der Waals surface area contributed by atoms with Crippen molar-refractivity contribution in [3.8, 4) is 11.4 Å². The van der Waals surface area contributed by atoms with Gasteiger partial charge in [0.05, 0.1) is 10.7 Å². The topological polar surface area (TPSA) is 42.7 Å². The fourth-order valence-electron chi connectivity index (χ4n) is 2.33. The summed E-state index contributed by atoms with van der Waals surface area (Å²) >= 11 is 7.62. The van der Waals surface area contributed by atoms with Crippen LogP contribution in [0, 0.1) is 5.82 Å². The SMILES string of the molecule is Fc1ccccc1C1=CSc2nnc(-c3ccccc3Cl)n2N1. The summed E-state index contributed by atoms with van der Waals surface area (Å²) in [5.41, 5.74) is 5.06. The predicted molar refractivity (Wildman–Crippen MR) is 90.1 cm³/mol. The van der Waals surface area contributed by atoms with E-state index in [9.17, 15) is 4.39 Å². The van der Waals surface area contributed by atoms with E-state index >= 15 is 0 Å². The molecule has 4 rings (SSSR count). The molecule has 7 heteroatoms. The van der Waals surface area contributed by atoms with Crippen LogP contribution in [0.5, 0.6) is 0 Å². The molecule has 1 aromatic heterocycles. The highest BCUT2D eigenvalue weighted by Crippen LogP contribution is 2.33. The molecule has 0 spiro atoms. The maximum absolute atomic E-state index is 14.0. The summed E-state index contributed by atoms with van der Waals surface area (Å²) in [7, 11) is 0. The van der Waals surface area contributed by atoms with Gasteiger partial charge in [0.1, 0.15) is 5.82 Å². The Morgan fingerprint density at radius 2 is 1.74 bits per heavy atom. The van der Waals surface area contributed by atoms with Crippen LogP contribution < -0.4 is 5.43 Å². The van der Waals surface area contributed by atoms with Crippen LogP contribution in [0.4, 0.5) is 4.39 Å². The second kappa shape index (κ2) is 5.72. The lowest BCUT2D eigenvalue weighted by atomic mass is 10.1. The van der Waals surface area contributed by atoms with Gasteiger partial charge in [0, 0.05) is 16.5 Å². The molecule has 2 heterocycles. The molecule has 114 valence electrons. The lowest BCUT2D eigenvalue weighted by Gasteiger charge is -2.19. The van der Waals surface area contributed by atoms with Crippen molar-refractivity contribution in [1.82, 2.24) is 14.9 Å². The van der Waals surface area contributed by atoms with E-state index in [4.69, 9.17) is 11.6 Å². The third kappa shape index (κ3) is 2.50. The second-order valence-electron chi connectivity index (χ2n) is 4.86. The summed E-state index contributed by atoms with van der Waals surface area (Å²) in [6, 6.07) is 14.0. The molecule has 23 heavy (non-hydrogen) atoms. The average Bonchev–Trinajstić information content (AvgIpc) is 2.99. The molecule has 1 aliphatic rings. The largest absolute Gasteiger partial charge is 0.289 e. The van der Waals surface area contributed by atoms with Crippen molar-refractivity contribution in [2.75, 3.05) is 5.43 Å². The third-order valence-electron chi connectivity index (χ3n) is 3.43. The number of hydrogen-bond acceptors (Lipinski definition) is 4. The van der Waals surface area contributed by atoms with Gasteiger partial charge in [-0.05, 0) is 24.3 Å². The van der Waals surface area contributed by atoms with Gasteiger partial charge < -0.3 is 0 Å². The molecule has 0 amide bonds. The molecule has 2 aromatic carbocycles. The van der Waals surface area contributed by atoms with Crippen LogP contribution in [0.2, 0.25) is 5.02 Å². The molecular weight excluding hydrogens is 335 g/mol.